The van der Waals surface area contributed by atoms with Crippen LogP contribution in [-0.4, -0.2) is 40.6 Å². The highest BCUT2D eigenvalue weighted by atomic mass is 19.4. The Hall–Kier alpha value is -2.25. The van der Waals surface area contributed by atoms with Crippen molar-refractivity contribution in [1.29, 1.82) is 0 Å². The van der Waals surface area contributed by atoms with E-state index in [0.717, 1.165) is 12.1 Å². The Kier molecular flexibility index (Phi) is 4.53. The predicted octanol–water partition coefficient (Wildman–Crippen LogP) is 2.55. The molecule has 1 unspecified atom stereocenters. The van der Waals surface area contributed by atoms with Gasteiger partial charge in [-0.05, 0) is 38.0 Å². The average molecular weight is 331 g/mol. The molecule has 1 amide bonds. The van der Waals surface area contributed by atoms with E-state index in [-0.39, 0.29) is 12.3 Å². The SMILES string of the molecule is CC1(C(=O)O)CCCN1C(=O)COc1cccc(C(F)(F)F)c1. The lowest BCUT2D eigenvalue weighted by Gasteiger charge is -2.31. The van der Waals surface area contributed by atoms with E-state index < -0.39 is 35.8 Å². The van der Waals surface area contributed by atoms with E-state index in [0.29, 0.717) is 12.8 Å². The summed E-state index contributed by atoms with van der Waals surface area (Å²) in [5.41, 5.74) is -2.17. The summed E-state index contributed by atoms with van der Waals surface area (Å²) in [7, 11) is 0. The van der Waals surface area contributed by atoms with Crippen LogP contribution in [0.4, 0.5) is 13.2 Å². The molecule has 0 aromatic heterocycles. The summed E-state index contributed by atoms with van der Waals surface area (Å²) in [5, 5.41) is 9.24. The third-order valence-electron chi connectivity index (χ3n) is 3.93. The zero-order valence-electron chi connectivity index (χ0n) is 12.4. The van der Waals surface area contributed by atoms with Crippen LogP contribution in [0.3, 0.4) is 0 Å². The molecule has 1 aromatic carbocycles. The summed E-state index contributed by atoms with van der Waals surface area (Å²) in [4.78, 5) is 24.6. The number of carboxylic acids is 1. The van der Waals surface area contributed by atoms with Gasteiger partial charge in [0.1, 0.15) is 11.3 Å². The van der Waals surface area contributed by atoms with E-state index in [1.165, 1.54) is 24.0 Å². The van der Waals surface area contributed by atoms with Gasteiger partial charge in [0.05, 0.1) is 5.56 Å². The van der Waals surface area contributed by atoms with Crippen molar-refractivity contribution in [1.82, 2.24) is 4.90 Å². The molecule has 5 nitrogen and oxygen atoms in total. The molecule has 23 heavy (non-hydrogen) atoms. The second-order valence-corrected chi connectivity index (χ2v) is 5.54. The Morgan fingerprint density at radius 2 is 2.09 bits per heavy atom. The maximum Gasteiger partial charge on any atom is 0.416 e. The Labute approximate surface area is 130 Å². The molecule has 1 fully saturated rings. The maximum absolute atomic E-state index is 12.6. The third kappa shape index (κ3) is 3.57. The molecular formula is C15H16F3NO4. The minimum absolute atomic E-state index is 0.0931. The van der Waals surface area contributed by atoms with Crippen LogP contribution in [0.15, 0.2) is 24.3 Å². The standard InChI is InChI=1S/C15H16F3NO4/c1-14(13(21)22)6-3-7-19(14)12(20)9-23-11-5-2-4-10(8-11)15(16,17)18/h2,4-5,8H,3,6-7,9H2,1H3,(H,21,22). The first-order chi connectivity index (χ1) is 10.6. The number of nitrogens with zero attached hydrogens (tertiary/aromatic N) is 1. The van der Waals surface area contributed by atoms with Crippen molar-refractivity contribution < 1.29 is 32.6 Å². The Morgan fingerprint density at radius 3 is 2.70 bits per heavy atom. The molecule has 8 heteroatoms. The second kappa shape index (κ2) is 6.10. The fourth-order valence-electron chi connectivity index (χ4n) is 2.57. The Morgan fingerprint density at radius 1 is 1.39 bits per heavy atom. The van der Waals surface area contributed by atoms with Crippen LogP contribution >= 0.6 is 0 Å². The van der Waals surface area contributed by atoms with Gasteiger partial charge in [0, 0.05) is 6.54 Å². The second-order valence-electron chi connectivity index (χ2n) is 5.54. The molecule has 0 radical (unpaired) electrons. The molecule has 1 saturated heterocycles. The number of likely N-dealkylation sites (tertiary alicyclic amines) is 1. The summed E-state index contributed by atoms with van der Waals surface area (Å²) in [5.74, 6) is -1.77. The number of carboxylic acid groups (broad SMARTS) is 1. The first-order valence-corrected chi connectivity index (χ1v) is 6.98. The van der Waals surface area contributed by atoms with Gasteiger partial charge in [-0.25, -0.2) is 4.79 Å². The predicted molar refractivity (Wildman–Crippen MR) is 73.9 cm³/mol. The van der Waals surface area contributed by atoms with Crippen LogP contribution in [0.25, 0.3) is 0 Å². The lowest BCUT2D eigenvalue weighted by molar-refractivity contribution is -0.156. The number of carbonyl (C=O) groups excluding carboxylic acids is 1. The van der Waals surface area contributed by atoms with E-state index in [9.17, 15) is 27.9 Å². The van der Waals surface area contributed by atoms with E-state index in [1.54, 1.807) is 0 Å². The van der Waals surface area contributed by atoms with Crippen LogP contribution in [0.2, 0.25) is 0 Å². The van der Waals surface area contributed by atoms with Crippen LogP contribution < -0.4 is 4.74 Å². The van der Waals surface area contributed by atoms with Crippen LogP contribution in [0, 0.1) is 0 Å². The summed E-state index contributed by atoms with van der Waals surface area (Å²) in [6.07, 6.45) is -3.62. The number of ether oxygens (including phenoxy) is 1. The summed E-state index contributed by atoms with van der Waals surface area (Å²) in [6.45, 7) is 1.22. The van der Waals surface area contributed by atoms with Gasteiger partial charge in [0.15, 0.2) is 6.61 Å². The van der Waals surface area contributed by atoms with Crippen molar-refractivity contribution in [2.45, 2.75) is 31.5 Å². The number of amides is 1. The van der Waals surface area contributed by atoms with Gasteiger partial charge in [-0.2, -0.15) is 13.2 Å². The monoisotopic (exact) mass is 331 g/mol. The number of halogens is 3. The highest BCUT2D eigenvalue weighted by Gasteiger charge is 2.45. The highest BCUT2D eigenvalue weighted by molar-refractivity contribution is 5.88. The van der Waals surface area contributed by atoms with Crippen LogP contribution in [0.5, 0.6) is 5.75 Å². The quantitative estimate of drug-likeness (QED) is 0.921. The van der Waals surface area contributed by atoms with Gasteiger partial charge in [-0.3, -0.25) is 4.79 Å². The maximum atomic E-state index is 12.6. The van der Waals surface area contributed by atoms with E-state index >= 15 is 0 Å². The summed E-state index contributed by atoms with van der Waals surface area (Å²) >= 11 is 0. The lowest BCUT2D eigenvalue weighted by atomic mass is 9.99. The van der Waals surface area contributed by atoms with E-state index in [1.807, 2.05) is 0 Å². The molecule has 126 valence electrons. The fourth-order valence-corrected chi connectivity index (χ4v) is 2.57. The Balaban J connectivity index is 2.04. The smallest absolute Gasteiger partial charge is 0.416 e. The van der Waals surface area contributed by atoms with Crippen molar-refractivity contribution >= 4 is 11.9 Å². The first kappa shape index (κ1) is 17.1. The topological polar surface area (TPSA) is 66.8 Å². The molecule has 0 aliphatic carbocycles. The van der Waals surface area contributed by atoms with E-state index in [2.05, 4.69) is 0 Å². The molecule has 1 N–H and O–H groups in total. The van der Waals surface area contributed by atoms with Gasteiger partial charge >= 0.3 is 12.1 Å². The fraction of sp³-hybridized carbons (Fsp3) is 0.467. The van der Waals surface area contributed by atoms with Gasteiger partial charge in [0.2, 0.25) is 0 Å². The molecule has 1 atom stereocenters. The van der Waals surface area contributed by atoms with Crippen molar-refractivity contribution in [2.75, 3.05) is 13.2 Å². The zero-order chi connectivity index (χ0) is 17.3. The number of aliphatic carboxylic acids is 1. The molecule has 0 spiro atoms. The highest BCUT2D eigenvalue weighted by Crippen LogP contribution is 2.32. The largest absolute Gasteiger partial charge is 0.484 e. The molecule has 2 rings (SSSR count). The summed E-state index contributed by atoms with van der Waals surface area (Å²) in [6, 6.07) is 4.19. The van der Waals surface area contributed by atoms with E-state index in [4.69, 9.17) is 4.74 Å². The van der Waals surface area contributed by atoms with Crippen molar-refractivity contribution in [2.24, 2.45) is 0 Å². The Bertz CT molecular complexity index is 617. The van der Waals surface area contributed by atoms with Gasteiger partial charge < -0.3 is 14.7 Å². The third-order valence-corrected chi connectivity index (χ3v) is 3.93. The van der Waals surface area contributed by atoms with Gasteiger partial charge in [-0.15, -0.1) is 0 Å². The minimum atomic E-state index is -4.50. The van der Waals surface area contributed by atoms with Crippen molar-refractivity contribution in [3.05, 3.63) is 29.8 Å². The van der Waals surface area contributed by atoms with Crippen LogP contribution in [-0.2, 0) is 15.8 Å². The van der Waals surface area contributed by atoms with Gasteiger partial charge in [-0.1, -0.05) is 6.07 Å². The summed E-state index contributed by atoms with van der Waals surface area (Å²) < 4.78 is 42.9. The minimum Gasteiger partial charge on any atom is -0.484 e. The number of benzene rings is 1. The molecule has 0 saturated carbocycles. The molecule has 1 aromatic rings. The number of hydrogen-bond donors (Lipinski definition) is 1. The molecule has 0 bridgehead atoms. The number of rotatable bonds is 4. The first-order valence-electron chi connectivity index (χ1n) is 6.98. The van der Waals surface area contributed by atoms with Gasteiger partial charge in [0.25, 0.3) is 5.91 Å². The normalized spacial score (nSPS) is 21.3. The molecule has 1 heterocycles. The zero-order valence-corrected chi connectivity index (χ0v) is 12.4. The molecule has 1 aliphatic rings. The van der Waals surface area contributed by atoms with Crippen molar-refractivity contribution in [3.8, 4) is 5.75 Å². The van der Waals surface area contributed by atoms with Crippen LogP contribution in [0.1, 0.15) is 25.3 Å². The number of alkyl halides is 3. The number of hydrogen-bond acceptors (Lipinski definition) is 3. The average Bonchev–Trinajstić information content (AvgIpc) is 2.88. The molecule has 1 aliphatic heterocycles. The van der Waals surface area contributed by atoms with Crippen molar-refractivity contribution in [3.63, 3.8) is 0 Å². The lowest BCUT2D eigenvalue weighted by Crippen LogP contribution is -2.52. The molecular weight excluding hydrogens is 315 g/mol. The number of carbonyl (C=O) groups is 2.